The Morgan fingerprint density at radius 1 is 0.344 bits per heavy atom. The van der Waals surface area contributed by atoms with Gasteiger partial charge in [0.05, 0.1) is 17.1 Å². The Hall–Kier alpha value is -7.68. The Morgan fingerprint density at radius 3 is 1.59 bits per heavy atom. The lowest BCUT2D eigenvalue weighted by Gasteiger charge is -2.44. The van der Waals surface area contributed by atoms with Crippen molar-refractivity contribution in [1.82, 2.24) is 0 Å². The predicted molar refractivity (Wildman–Crippen MR) is 259 cm³/mol. The number of hydrogen-bond acceptors (Lipinski definition) is 2. The summed E-state index contributed by atoms with van der Waals surface area (Å²) in [5, 5.41) is 4.94. The van der Waals surface area contributed by atoms with Gasteiger partial charge >= 0.3 is 0 Å². The monoisotopic (exact) mass is 780 g/mol. The summed E-state index contributed by atoms with van der Waals surface area (Å²) < 4.78 is 0. The Kier molecular flexibility index (Phi) is 8.86. The van der Waals surface area contributed by atoms with Gasteiger partial charge in [-0.25, -0.2) is 0 Å². The van der Waals surface area contributed by atoms with E-state index in [1.807, 2.05) is 0 Å². The lowest BCUT2D eigenvalue weighted by atomic mass is 9.70. The maximum absolute atomic E-state index is 2.56. The van der Waals surface area contributed by atoms with Gasteiger partial charge in [0.2, 0.25) is 0 Å². The summed E-state index contributed by atoms with van der Waals surface area (Å²) in [4.78, 5) is 4.90. The second-order valence-electron chi connectivity index (χ2n) is 16.5. The van der Waals surface area contributed by atoms with Gasteiger partial charge in [0.15, 0.2) is 0 Å². The highest BCUT2D eigenvalue weighted by Gasteiger charge is 2.40. The van der Waals surface area contributed by atoms with Crippen LogP contribution in [0.25, 0.3) is 54.9 Å². The Bertz CT molecular complexity index is 3200. The minimum absolute atomic E-state index is 0.275. The summed E-state index contributed by atoms with van der Waals surface area (Å²) in [6.45, 7) is 4.79. The quantitative estimate of drug-likeness (QED) is 0.159. The molecular weight excluding hydrogens is 737 g/mol. The van der Waals surface area contributed by atoms with Crippen LogP contribution in [0.4, 0.5) is 34.1 Å². The maximum atomic E-state index is 2.56. The molecule has 0 saturated heterocycles. The molecule has 10 aromatic carbocycles. The molecule has 2 nitrogen and oxygen atoms in total. The Labute approximate surface area is 358 Å². The first kappa shape index (κ1) is 36.4. The molecule has 0 aromatic heterocycles. The molecule has 61 heavy (non-hydrogen) atoms. The first-order chi connectivity index (χ1) is 30.0. The van der Waals surface area contributed by atoms with E-state index in [1.54, 1.807) is 0 Å². The summed E-state index contributed by atoms with van der Waals surface area (Å²) >= 11 is 0. The first-order valence-electron chi connectivity index (χ1n) is 21.2. The average Bonchev–Trinajstić information content (AvgIpc) is 3.32. The van der Waals surface area contributed by atoms with Gasteiger partial charge in [-0.3, -0.25) is 0 Å². The van der Waals surface area contributed by atoms with Crippen molar-refractivity contribution in [3.05, 3.63) is 242 Å². The first-order valence-corrected chi connectivity index (χ1v) is 21.2. The van der Waals surface area contributed by atoms with Crippen molar-refractivity contribution in [2.75, 3.05) is 9.80 Å². The topological polar surface area (TPSA) is 6.48 Å². The van der Waals surface area contributed by atoms with Gasteiger partial charge in [-0.05, 0) is 104 Å². The normalized spacial score (nSPS) is 12.9. The summed E-state index contributed by atoms with van der Waals surface area (Å²) in [7, 11) is 0. The average molecular weight is 781 g/mol. The third kappa shape index (κ3) is 6.19. The standard InChI is InChI=1S/C59H44N2/c1-59(2)54-28-13-14-29-55(54)61(56-30-16-27-53(57(56)59)52-26-15-21-43-19-9-11-24-49(43)52)58-50-25-12-10-20-44(50)35-40-51(58)45-33-38-48(39-34-45)60(46-22-7-4-8-23-46)47-36-31-42(32-37-47)41-17-5-3-6-18-41/h3-40H,1-2H3. The van der Waals surface area contributed by atoms with Crippen LogP contribution in [-0.4, -0.2) is 0 Å². The Balaban J connectivity index is 1.09. The minimum Gasteiger partial charge on any atom is -0.311 e. The highest BCUT2D eigenvalue weighted by molar-refractivity contribution is 6.09. The fourth-order valence-corrected chi connectivity index (χ4v) is 9.75. The van der Waals surface area contributed by atoms with Crippen LogP contribution in [-0.2, 0) is 5.41 Å². The molecule has 11 rings (SSSR count). The van der Waals surface area contributed by atoms with Crippen molar-refractivity contribution in [2.24, 2.45) is 0 Å². The lowest BCUT2D eigenvalue weighted by molar-refractivity contribution is 0.634. The van der Waals surface area contributed by atoms with Gasteiger partial charge in [0, 0.05) is 33.4 Å². The molecule has 290 valence electrons. The summed E-state index contributed by atoms with van der Waals surface area (Å²) in [5.74, 6) is 0. The smallest absolute Gasteiger partial charge is 0.0618 e. The molecule has 0 bridgehead atoms. The molecule has 2 heteroatoms. The number of hydrogen-bond donors (Lipinski definition) is 0. The van der Waals surface area contributed by atoms with Crippen molar-refractivity contribution in [3.8, 4) is 33.4 Å². The van der Waals surface area contributed by atoms with E-state index in [0.717, 1.165) is 22.6 Å². The van der Waals surface area contributed by atoms with Crippen LogP contribution in [0, 0.1) is 0 Å². The van der Waals surface area contributed by atoms with E-state index < -0.39 is 0 Å². The number of nitrogens with zero attached hydrogens (tertiary/aromatic N) is 2. The van der Waals surface area contributed by atoms with E-state index >= 15 is 0 Å². The third-order valence-electron chi connectivity index (χ3n) is 12.6. The molecule has 0 spiro atoms. The Morgan fingerprint density at radius 2 is 0.852 bits per heavy atom. The van der Waals surface area contributed by atoms with Crippen molar-refractivity contribution >= 4 is 55.7 Å². The largest absolute Gasteiger partial charge is 0.311 e. The van der Waals surface area contributed by atoms with Gasteiger partial charge in [0.1, 0.15) is 0 Å². The number of benzene rings is 10. The van der Waals surface area contributed by atoms with Crippen LogP contribution < -0.4 is 9.80 Å². The zero-order chi connectivity index (χ0) is 40.9. The molecule has 0 fully saturated rings. The molecule has 0 amide bonds. The zero-order valence-electron chi connectivity index (χ0n) is 34.3. The number of rotatable bonds is 7. The third-order valence-corrected chi connectivity index (χ3v) is 12.6. The van der Waals surface area contributed by atoms with Gasteiger partial charge < -0.3 is 9.80 Å². The molecule has 0 N–H and O–H groups in total. The molecule has 0 unspecified atom stereocenters. The molecule has 0 atom stereocenters. The van der Waals surface area contributed by atoms with Crippen molar-refractivity contribution in [1.29, 1.82) is 0 Å². The lowest BCUT2D eigenvalue weighted by Crippen LogP contribution is -2.31. The molecule has 0 aliphatic carbocycles. The van der Waals surface area contributed by atoms with Crippen LogP contribution in [0.1, 0.15) is 25.0 Å². The van der Waals surface area contributed by atoms with Crippen LogP contribution in [0.3, 0.4) is 0 Å². The van der Waals surface area contributed by atoms with Crippen molar-refractivity contribution in [3.63, 3.8) is 0 Å². The minimum atomic E-state index is -0.275. The van der Waals surface area contributed by atoms with E-state index in [-0.39, 0.29) is 5.41 Å². The zero-order valence-corrected chi connectivity index (χ0v) is 34.3. The summed E-state index contributed by atoms with van der Waals surface area (Å²) in [5.41, 5.74) is 16.5. The molecular formula is C59H44N2. The van der Waals surface area contributed by atoms with Crippen molar-refractivity contribution < 1.29 is 0 Å². The second-order valence-corrected chi connectivity index (χ2v) is 16.5. The second kappa shape index (κ2) is 14.9. The molecule has 0 saturated carbocycles. The number of para-hydroxylation sites is 2. The summed E-state index contributed by atoms with van der Waals surface area (Å²) in [6, 6.07) is 84.1. The van der Waals surface area contributed by atoms with Crippen LogP contribution >= 0.6 is 0 Å². The van der Waals surface area contributed by atoms with E-state index in [0.29, 0.717) is 0 Å². The van der Waals surface area contributed by atoms with Crippen LogP contribution in [0.5, 0.6) is 0 Å². The highest BCUT2D eigenvalue weighted by Crippen LogP contribution is 2.57. The highest BCUT2D eigenvalue weighted by atomic mass is 15.2. The fourth-order valence-electron chi connectivity index (χ4n) is 9.75. The number of fused-ring (bicyclic) bond motifs is 4. The van der Waals surface area contributed by atoms with Gasteiger partial charge in [-0.1, -0.05) is 196 Å². The van der Waals surface area contributed by atoms with E-state index in [1.165, 1.54) is 77.6 Å². The predicted octanol–water partition coefficient (Wildman–Crippen LogP) is 16.6. The van der Waals surface area contributed by atoms with E-state index in [4.69, 9.17) is 0 Å². The van der Waals surface area contributed by atoms with Crippen LogP contribution in [0.2, 0.25) is 0 Å². The number of anilines is 6. The molecule has 1 aliphatic heterocycles. The van der Waals surface area contributed by atoms with E-state index in [2.05, 4.69) is 254 Å². The SMILES string of the molecule is CC1(C)c2ccccc2N(c2c(-c3ccc(N(c4ccccc4)c4ccc(-c5ccccc5)cc4)cc3)ccc3ccccc23)c2cccc(-c3cccc4ccccc34)c21. The fraction of sp³-hybridized carbons (Fsp3) is 0.0508. The molecule has 1 heterocycles. The maximum Gasteiger partial charge on any atom is 0.0618 e. The molecule has 10 aromatic rings. The van der Waals surface area contributed by atoms with Gasteiger partial charge in [-0.15, -0.1) is 0 Å². The molecule has 0 radical (unpaired) electrons. The summed E-state index contributed by atoms with van der Waals surface area (Å²) in [6.07, 6.45) is 0. The van der Waals surface area contributed by atoms with E-state index in [9.17, 15) is 0 Å². The molecule has 1 aliphatic rings. The van der Waals surface area contributed by atoms with Crippen LogP contribution in [0.15, 0.2) is 231 Å². The van der Waals surface area contributed by atoms with Gasteiger partial charge in [0.25, 0.3) is 0 Å². The van der Waals surface area contributed by atoms with Crippen molar-refractivity contribution in [2.45, 2.75) is 19.3 Å². The van der Waals surface area contributed by atoms with Gasteiger partial charge in [-0.2, -0.15) is 0 Å².